The van der Waals surface area contributed by atoms with E-state index in [1.807, 2.05) is 0 Å². The molecule has 18 atom stereocenters. The van der Waals surface area contributed by atoms with Gasteiger partial charge in [-0.3, -0.25) is 0 Å². The van der Waals surface area contributed by atoms with Crippen molar-refractivity contribution in [1.82, 2.24) is 0 Å². The molecule has 0 aromatic carbocycles. The van der Waals surface area contributed by atoms with Crippen LogP contribution in [0.15, 0.2) is 23.3 Å². The van der Waals surface area contributed by atoms with Gasteiger partial charge in [-0.05, 0) is 223 Å². The fraction of sp³-hybridized carbons (Fsp3) is 0.926. The lowest BCUT2D eigenvalue weighted by Crippen LogP contribution is -2.59. The number of aliphatic hydroxyl groups is 4. The van der Waals surface area contributed by atoms with Crippen molar-refractivity contribution in [3.63, 3.8) is 0 Å². The molecular formula is C54H91BO6. The number of hydrogen-bond acceptors (Lipinski definition) is 6. The van der Waals surface area contributed by atoms with E-state index in [9.17, 15) is 20.4 Å². The van der Waals surface area contributed by atoms with Crippen LogP contribution in [-0.4, -0.2) is 63.7 Å². The summed E-state index contributed by atoms with van der Waals surface area (Å²) in [5.41, 5.74) is 2.06. The van der Waals surface area contributed by atoms with Gasteiger partial charge in [0.2, 0.25) is 0 Å². The summed E-state index contributed by atoms with van der Waals surface area (Å²) in [6.45, 7) is 23.7. The third-order valence-corrected chi connectivity index (χ3v) is 21.6. The van der Waals surface area contributed by atoms with Crippen LogP contribution in [0.2, 0.25) is 0 Å². The Kier molecular flexibility index (Phi) is 13.2. The lowest BCUT2D eigenvalue weighted by molar-refractivity contribution is -0.167. The van der Waals surface area contributed by atoms with Crippen molar-refractivity contribution in [3.8, 4) is 0 Å². The van der Waals surface area contributed by atoms with Crippen LogP contribution in [0.1, 0.15) is 198 Å². The summed E-state index contributed by atoms with van der Waals surface area (Å²) in [6, 6.07) is 0. The minimum Gasteiger partial charge on any atom is -0.406 e. The summed E-state index contributed by atoms with van der Waals surface area (Å²) in [4.78, 5) is 0. The standard InChI is InChI=1S/C54H91BO6/c1-33(2)11-21-47(58)53(9,45-19-17-41-39-15-13-35-31-37(56)23-27-49(35,5)43(39)25-29-51(41,45)7)60-55-61-54(10,48(59)22-12-34(3)4)46-20-18-42-40-16-14-36-32-38(57)24-28-50(36,6)44(40)26-30-52(42,46)8/h13-14,33-34,37-48,55-59H,11-12,15-32H2,1-10H3/t37?,38?,39?,40?,41?,42?,43?,44?,45?,46?,47-,48-,49-,50-,51-,52-,53-,54-/m1/s1. The average molecular weight is 847 g/mol. The van der Waals surface area contributed by atoms with Gasteiger partial charge in [-0.2, -0.15) is 0 Å². The van der Waals surface area contributed by atoms with Crippen molar-refractivity contribution >= 4 is 7.69 Å². The van der Waals surface area contributed by atoms with Crippen LogP contribution in [0, 0.1) is 80.8 Å². The fourth-order valence-electron chi connectivity index (χ4n) is 17.9. The Balaban J connectivity index is 1.04. The monoisotopic (exact) mass is 847 g/mol. The zero-order valence-electron chi connectivity index (χ0n) is 40.7. The summed E-state index contributed by atoms with van der Waals surface area (Å²) in [7, 11) is 0.0933. The van der Waals surface area contributed by atoms with Crippen molar-refractivity contribution in [2.75, 3.05) is 0 Å². The molecule has 7 heteroatoms. The maximum atomic E-state index is 12.5. The maximum absolute atomic E-state index is 12.5. The molecule has 8 rings (SSSR count). The largest absolute Gasteiger partial charge is 0.439 e. The highest BCUT2D eigenvalue weighted by Gasteiger charge is 2.65. The van der Waals surface area contributed by atoms with E-state index in [-0.39, 0.29) is 53.4 Å². The van der Waals surface area contributed by atoms with Gasteiger partial charge < -0.3 is 29.7 Å². The molecule has 0 saturated heterocycles. The average Bonchev–Trinajstić information content (AvgIpc) is 3.77. The van der Waals surface area contributed by atoms with Crippen LogP contribution < -0.4 is 0 Å². The molecule has 0 radical (unpaired) electrons. The van der Waals surface area contributed by atoms with E-state index in [4.69, 9.17) is 9.31 Å². The number of rotatable bonds is 14. The van der Waals surface area contributed by atoms with Gasteiger partial charge in [-0.25, -0.2) is 0 Å². The van der Waals surface area contributed by atoms with E-state index >= 15 is 0 Å². The number of hydrogen-bond donors (Lipinski definition) is 4. The van der Waals surface area contributed by atoms with Gasteiger partial charge in [0.25, 0.3) is 0 Å². The van der Waals surface area contributed by atoms with Crippen molar-refractivity contribution in [1.29, 1.82) is 0 Å². The number of allylic oxidation sites excluding steroid dienone is 2. The molecule has 8 aliphatic rings. The summed E-state index contributed by atoms with van der Waals surface area (Å²) in [6.07, 6.45) is 24.2. The van der Waals surface area contributed by atoms with Gasteiger partial charge in [-0.1, -0.05) is 78.7 Å². The first-order valence-corrected chi connectivity index (χ1v) is 26.1. The molecule has 0 aromatic heterocycles. The fourth-order valence-corrected chi connectivity index (χ4v) is 17.9. The SMILES string of the molecule is CC(C)CC[C@@H](O)[C@](C)(OBO[C@](C)(C1CCC2C3CC=C4CC(O)CC[C@@]4(C)C3CC[C@]21C)[C@H](O)CCC(C)C)C1CCC2C3CC=C4CC(O)CC[C@@]4(C)C3CC[C@]21C. The Labute approximate surface area is 373 Å². The first-order valence-electron chi connectivity index (χ1n) is 26.1. The van der Waals surface area contributed by atoms with Crippen LogP contribution in [-0.2, 0) is 9.31 Å². The summed E-state index contributed by atoms with van der Waals surface area (Å²) < 4.78 is 14.6. The molecule has 0 aromatic rings. The minimum absolute atomic E-state index is 0.0663. The minimum atomic E-state index is -0.765. The molecule has 0 spiro atoms. The van der Waals surface area contributed by atoms with E-state index in [1.165, 1.54) is 36.8 Å². The molecule has 346 valence electrons. The van der Waals surface area contributed by atoms with Crippen molar-refractivity contribution in [2.24, 2.45) is 80.8 Å². The number of fused-ring (bicyclic) bond motifs is 10. The predicted molar refractivity (Wildman–Crippen MR) is 249 cm³/mol. The Morgan fingerprint density at radius 1 is 0.574 bits per heavy atom. The van der Waals surface area contributed by atoms with E-state index in [2.05, 4.69) is 81.4 Å². The third kappa shape index (κ3) is 7.87. The molecule has 4 N–H and O–H groups in total. The van der Waals surface area contributed by atoms with Gasteiger partial charge in [0.15, 0.2) is 0 Å². The maximum Gasteiger partial charge on any atom is 0.439 e. The topological polar surface area (TPSA) is 99.4 Å². The zero-order chi connectivity index (χ0) is 43.9. The second-order valence-electron chi connectivity index (χ2n) is 25.4. The molecule has 0 amide bonds. The molecule has 6 nitrogen and oxygen atoms in total. The molecule has 6 saturated carbocycles. The zero-order valence-corrected chi connectivity index (χ0v) is 40.7. The van der Waals surface area contributed by atoms with E-state index in [1.54, 1.807) is 0 Å². The number of aliphatic hydroxyl groups excluding tert-OH is 4. The molecule has 0 aliphatic heterocycles. The normalized spacial score (nSPS) is 46.1. The van der Waals surface area contributed by atoms with E-state index in [0.717, 1.165) is 103 Å². The van der Waals surface area contributed by atoms with Crippen LogP contribution >= 0.6 is 0 Å². The van der Waals surface area contributed by atoms with Gasteiger partial charge >= 0.3 is 7.69 Å². The lowest BCUT2D eigenvalue weighted by atomic mass is 9.46. The first kappa shape index (κ1) is 46.8. The van der Waals surface area contributed by atoms with E-state index < -0.39 is 23.4 Å². The predicted octanol–water partition coefficient (Wildman–Crippen LogP) is 11.3. The third-order valence-electron chi connectivity index (χ3n) is 21.6. The molecule has 0 bridgehead atoms. The van der Waals surface area contributed by atoms with Gasteiger partial charge in [0, 0.05) is 0 Å². The van der Waals surface area contributed by atoms with Gasteiger partial charge in [-0.15, -0.1) is 0 Å². The summed E-state index contributed by atoms with van der Waals surface area (Å²) in [5, 5.41) is 46.2. The Morgan fingerprint density at radius 3 is 1.34 bits per heavy atom. The smallest absolute Gasteiger partial charge is 0.406 e. The molecule has 0 heterocycles. The first-order chi connectivity index (χ1) is 28.7. The Morgan fingerprint density at radius 2 is 0.967 bits per heavy atom. The van der Waals surface area contributed by atoms with Gasteiger partial charge in [0.05, 0.1) is 35.6 Å². The highest BCUT2D eigenvalue weighted by Crippen LogP contribution is 2.70. The highest BCUT2D eigenvalue weighted by molar-refractivity contribution is 6.18. The highest BCUT2D eigenvalue weighted by atomic mass is 16.6. The Bertz CT molecular complexity index is 1510. The summed E-state index contributed by atoms with van der Waals surface area (Å²) >= 11 is 0. The Hall–Kier alpha value is -0.695. The van der Waals surface area contributed by atoms with Gasteiger partial charge in [0.1, 0.15) is 0 Å². The molecule has 8 aliphatic carbocycles. The molecule has 61 heavy (non-hydrogen) atoms. The summed E-state index contributed by atoms with van der Waals surface area (Å²) in [5.74, 6) is 5.25. The van der Waals surface area contributed by atoms with Crippen molar-refractivity contribution < 1.29 is 29.7 Å². The van der Waals surface area contributed by atoms with Crippen LogP contribution in [0.5, 0.6) is 0 Å². The molecular weight excluding hydrogens is 755 g/mol. The van der Waals surface area contributed by atoms with Crippen LogP contribution in [0.4, 0.5) is 0 Å². The van der Waals surface area contributed by atoms with Crippen molar-refractivity contribution in [2.45, 2.75) is 233 Å². The molecule has 10 unspecified atom stereocenters. The second kappa shape index (κ2) is 17.2. The molecule has 6 fully saturated rings. The lowest BCUT2D eigenvalue weighted by Gasteiger charge is -2.60. The van der Waals surface area contributed by atoms with Crippen molar-refractivity contribution in [3.05, 3.63) is 23.3 Å². The van der Waals surface area contributed by atoms with Crippen LogP contribution in [0.25, 0.3) is 0 Å². The van der Waals surface area contributed by atoms with E-state index in [0.29, 0.717) is 47.3 Å². The second-order valence-corrected chi connectivity index (χ2v) is 25.4. The van der Waals surface area contributed by atoms with Crippen LogP contribution in [0.3, 0.4) is 0 Å². The quantitative estimate of drug-likeness (QED) is 0.103.